The third-order valence-corrected chi connectivity index (χ3v) is 5.16. The summed E-state index contributed by atoms with van der Waals surface area (Å²) < 4.78 is 5.82. The molecule has 1 amide bonds. The minimum atomic E-state index is -0.209. The van der Waals surface area contributed by atoms with Gasteiger partial charge in [0.25, 0.3) is 5.91 Å². The van der Waals surface area contributed by atoms with Crippen LogP contribution in [0.2, 0.25) is 5.02 Å². The standard InChI is InChI=1S/C22H22ClN3O2S/c1-3-26(21(27)20-19(23)13-24-22(25-20)29-2)14-16-9-11-18(12-10-16)28-15-17-7-5-4-6-8-17/h4-13H,3,14-15H2,1-2H3. The number of hydrogen-bond donors (Lipinski definition) is 0. The first kappa shape index (κ1) is 21.1. The molecule has 2 aromatic carbocycles. The summed E-state index contributed by atoms with van der Waals surface area (Å²) in [6, 6.07) is 17.8. The summed E-state index contributed by atoms with van der Waals surface area (Å²) in [4.78, 5) is 23.0. The van der Waals surface area contributed by atoms with Gasteiger partial charge in [-0.15, -0.1) is 0 Å². The summed E-state index contributed by atoms with van der Waals surface area (Å²) in [7, 11) is 0. The molecule has 0 fully saturated rings. The highest BCUT2D eigenvalue weighted by atomic mass is 35.5. The number of carbonyl (C=O) groups is 1. The van der Waals surface area contributed by atoms with E-state index < -0.39 is 0 Å². The molecule has 0 saturated carbocycles. The van der Waals surface area contributed by atoms with E-state index >= 15 is 0 Å². The molecule has 0 aliphatic heterocycles. The fourth-order valence-electron chi connectivity index (χ4n) is 2.73. The van der Waals surface area contributed by atoms with Crippen LogP contribution in [0.1, 0.15) is 28.5 Å². The van der Waals surface area contributed by atoms with E-state index in [1.165, 1.54) is 18.0 Å². The molecule has 0 radical (unpaired) electrons. The Kier molecular flexibility index (Phi) is 7.49. The second-order valence-electron chi connectivity index (χ2n) is 6.29. The van der Waals surface area contributed by atoms with Crippen molar-refractivity contribution in [1.82, 2.24) is 14.9 Å². The van der Waals surface area contributed by atoms with Gasteiger partial charge in [0.1, 0.15) is 12.4 Å². The number of benzene rings is 2. The second-order valence-corrected chi connectivity index (χ2v) is 7.47. The first-order valence-electron chi connectivity index (χ1n) is 9.22. The van der Waals surface area contributed by atoms with Crippen molar-refractivity contribution >= 4 is 29.3 Å². The van der Waals surface area contributed by atoms with Gasteiger partial charge >= 0.3 is 0 Å². The molecule has 0 N–H and O–H groups in total. The molecule has 0 aliphatic carbocycles. The third-order valence-electron chi connectivity index (χ3n) is 4.32. The molecular weight excluding hydrogens is 406 g/mol. The van der Waals surface area contributed by atoms with Crippen LogP contribution in [0.4, 0.5) is 0 Å². The van der Waals surface area contributed by atoms with Crippen molar-refractivity contribution < 1.29 is 9.53 Å². The number of rotatable bonds is 8. The fourth-order valence-corrected chi connectivity index (χ4v) is 3.24. The summed E-state index contributed by atoms with van der Waals surface area (Å²) in [6.45, 7) is 3.45. The van der Waals surface area contributed by atoms with E-state index in [0.717, 1.165) is 16.9 Å². The number of amides is 1. The highest BCUT2D eigenvalue weighted by molar-refractivity contribution is 7.98. The first-order chi connectivity index (χ1) is 14.1. The molecule has 1 aromatic heterocycles. The van der Waals surface area contributed by atoms with Gasteiger partial charge < -0.3 is 9.64 Å². The Morgan fingerprint density at radius 2 is 1.83 bits per heavy atom. The third kappa shape index (κ3) is 5.71. The van der Waals surface area contributed by atoms with E-state index in [-0.39, 0.29) is 16.6 Å². The summed E-state index contributed by atoms with van der Waals surface area (Å²) in [5.74, 6) is 0.579. The number of nitrogens with zero attached hydrogens (tertiary/aromatic N) is 3. The number of aromatic nitrogens is 2. The number of thioether (sulfide) groups is 1. The first-order valence-corrected chi connectivity index (χ1v) is 10.8. The largest absolute Gasteiger partial charge is 0.489 e. The van der Waals surface area contributed by atoms with Gasteiger partial charge in [0, 0.05) is 13.1 Å². The van der Waals surface area contributed by atoms with Gasteiger partial charge in [0.2, 0.25) is 0 Å². The maximum absolute atomic E-state index is 12.9. The quantitative estimate of drug-likeness (QED) is 0.370. The van der Waals surface area contributed by atoms with Crippen LogP contribution >= 0.6 is 23.4 Å². The van der Waals surface area contributed by atoms with Crippen LogP contribution in [0.15, 0.2) is 66.0 Å². The van der Waals surface area contributed by atoms with Crippen LogP contribution < -0.4 is 4.74 Å². The fraction of sp³-hybridized carbons (Fsp3) is 0.227. The molecule has 1 heterocycles. The molecule has 0 saturated heterocycles. The lowest BCUT2D eigenvalue weighted by Gasteiger charge is -2.21. The number of halogens is 1. The molecule has 5 nitrogen and oxygen atoms in total. The predicted molar refractivity (Wildman–Crippen MR) is 116 cm³/mol. The lowest BCUT2D eigenvalue weighted by atomic mass is 10.2. The topological polar surface area (TPSA) is 55.3 Å². The Balaban J connectivity index is 1.65. The lowest BCUT2D eigenvalue weighted by molar-refractivity contribution is 0.0745. The predicted octanol–water partition coefficient (Wildman–Crippen LogP) is 5.09. The Labute approximate surface area is 180 Å². The molecule has 7 heteroatoms. The Morgan fingerprint density at radius 3 is 2.48 bits per heavy atom. The Bertz CT molecular complexity index is 952. The maximum atomic E-state index is 12.9. The average molecular weight is 428 g/mol. The van der Waals surface area contributed by atoms with Crippen LogP contribution in [0, 0.1) is 0 Å². The zero-order chi connectivity index (χ0) is 20.6. The molecule has 3 aromatic rings. The Morgan fingerprint density at radius 1 is 1.10 bits per heavy atom. The van der Waals surface area contributed by atoms with Gasteiger partial charge in [-0.05, 0) is 36.4 Å². The summed E-state index contributed by atoms with van der Waals surface area (Å²) in [5, 5.41) is 0.782. The van der Waals surface area contributed by atoms with E-state index in [1.807, 2.05) is 67.8 Å². The molecule has 150 valence electrons. The van der Waals surface area contributed by atoms with Crippen molar-refractivity contribution in [1.29, 1.82) is 0 Å². The summed E-state index contributed by atoms with van der Waals surface area (Å²) in [6.07, 6.45) is 3.33. The van der Waals surface area contributed by atoms with Crippen LogP contribution in [-0.2, 0) is 13.2 Å². The van der Waals surface area contributed by atoms with E-state index in [0.29, 0.717) is 24.9 Å². The molecule has 0 atom stereocenters. The highest BCUT2D eigenvalue weighted by Crippen LogP contribution is 2.20. The average Bonchev–Trinajstić information content (AvgIpc) is 2.77. The van der Waals surface area contributed by atoms with Gasteiger partial charge in [-0.25, -0.2) is 9.97 Å². The Hall–Kier alpha value is -2.57. The van der Waals surface area contributed by atoms with Crippen LogP contribution in [0.3, 0.4) is 0 Å². The van der Waals surface area contributed by atoms with E-state index in [9.17, 15) is 4.79 Å². The van der Waals surface area contributed by atoms with Crippen LogP contribution in [0.5, 0.6) is 5.75 Å². The van der Waals surface area contributed by atoms with Crippen molar-refractivity contribution in [3.63, 3.8) is 0 Å². The van der Waals surface area contributed by atoms with Crippen molar-refractivity contribution in [2.24, 2.45) is 0 Å². The van der Waals surface area contributed by atoms with E-state index in [1.54, 1.807) is 4.90 Å². The SMILES string of the molecule is CCN(Cc1ccc(OCc2ccccc2)cc1)C(=O)c1nc(SC)ncc1Cl. The van der Waals surface area contributed by atoms with Gasteiger partial charge in [0.15, 0.2) is 10.9 Å². The van der Waals surface area contributed by atoms with Gasteiger partial charge in [-0.2, -0.15) is 0 Å². The number of ether oxygens (including phenoxy) is 1. The summed E-state index contributed by atoms with van der Waals surface area (Å²) >= 11 is 7.53. The molecular formula is C22H22ClN3O2S. The number of hydrogen-bond acceptors (Lipinski definition) is 5. The van der Waals surface area contributed by atoms with E-state index in [2.05, 4.69) is 9.97 Å². The van der Waals surface area contributed by atoms with Crippen LogP contribution in [-0.4, -0.2) is 33.6 Å². The van der Waals surface area contributed by atoms with Gasteiger partial charge in [0.05, 0.1) is 11.2 Å². The minimum Gasteiger partial charge on any atom is -0.489 e. The highest BCUT2D eigenvalue weighted by Gasteiger charge is 2.20. The maximum Gasteiger partial charge on any atom is 0.274 e. The van der Waals surface area contributed by atoms with Crippen molar-refractivity contribution in [3.05, 3.63) is 82.6 Å². The molecule has 3 rings (SSSR count). The monoisotopic (exact) mass is 427 g/mol. The van der Waals surface area contributed by atoms with Crippen LogP contribution in [0.25, 0.3) is 0 Å². The van der Waals surface area contributed by atoms with Gasteiger partial charge in [-0.3, -0.25) is 4.79 Å². The molecule has 0 spiro atoms. The lowest BCUT2D eigenvalue weighted by Crippen LogP contribution is -2.31. The number of carbonyl (C=O) groups excluding carboxylic acids is 1. The molecule has 29 heavy (non-hydrogen) atoms. The minimum absolute atomic E-state index is 0.209. The van der Waals surface area contributed by atoms with Crippen molar-refractivity contribution in [2.45, 2.75) is 25.2 Å². The second kappa shape index (κ2) is 10.3. The zero-order valence-corrected chi connectivity index (χ0v) is 17.9. The zero-order valence-electron chi connectivity index (χ0n) is 16.3. The van der Waals surface area contributed by atoms with Gasteiger partial charge in [-0.1, -0.05) is 65.8 Å². The molecule has 0 aliphatic rings. The molecule has 0 bridgehead atoms. The smallest absolute Gasteiger partial charge is 0.274 e. The normalized spacial score (nSPS) is 10.6. The van der Waals surface area contributed by atoms with Crippen molar-refractivity contribution in [3.8, 4) is 5.75 Å². The molecule has 0 unspecified atom stereocenters. The summed E-state index contributed by atoms with van der Waals surface area (Å²) in [5.41, 5.74) is 2.35. The van der Waals surface area contributed by atoms with E-state index in [4.69, 9.17) is 16.3 Å². The van der Waals surface area contributed by atoms with Crippen molar-refractivity contribution in [2.75, 3.05) is 12.8 Å².